The fourth-order valence-electron chi connectivity index (χ4n) is 4.94. The highest BCUT2D eigenvalue weighted by Crippen LogP contribution is 2.43. The van der Waals surface area contributed by atoms with Crippen molar-refractivity contribution in [3.63, 3.8) is 0 Å². The average molecular weight is 468 g/mol. The third-order valence-electron chi connectivity index (χ3n) is 6.63. The van der Waals surface area contributed by atoms with Crippen LogP contribution in [0.1, 0.15) is 60.1 Å². The standard InChI is InChI=1S/C28H29N5S/c1-18(2)21-10-12-22(13-11-21)33-27(26(31-28(33)34)25-9-5-6-15-30-25)24-16-19(3)32(20(24)4)23-8-7-14-29-17-23/h5-18,26-27H,1-4H3,(H,31,34)/t26-,27-/m0/s1. The summed E-state index contributed by atoms with van der Waals surface area (Å²) in [6.07, 6.45) is 5.55. The minimum atomic E-state index is -0.0682. The summed E-state index contributed by atoms with van der Waals surface area (Å²) < 4.78 is 2.26. The lowest BCUT2D eigenvalue weighted by molar-refractivity contribution is 0.565. The maximum absolute atomic E-state index is 5.91. The maximum atomic E-state index is 5.91. The van der Waals surface area contributed by atoms with Crippen molar-refractivity contribution in [3.8, 4) is 5.69 Å². The summed E-state index contributed by atoms with van der Waals surface area (Å²) in [7, 11) is 0. The first kappa shape index (κ1) is 22.3. The molecule has 4 heterocycles. The molecule has 4 aromatic rings. The molecule has 0 aliphatic carbocycles. The van der Waals surface area contributed by atoms with Gasteiger partial charge in [0, 0.05) is 29.5 Å². The van der Waals surface area contributed by atoms with E-state index in [0.29, 0.717) is 11.0 Å². The van der Waals surface area contributed by atoms with Crippen LogP contribution in [0.3, 0.4) is 0 Å². The molecule has 1 saturated heterocycles. The van der Waals surface area contributed by atoms with Gasteiger partial charge in [-0.15, -0.1) is 0 Å². The van der Waals surface area contributed by atoms with Crippen LogP contribution in [0.4, 0.5) is 5.69 Å². The molecule has 5 nitrogen and oxygen atoms in total. The van der Waals surface area contributed by atoms with Gasteiger partial charge in [0.1, 0.15) is 0 Å². The highest BCUT2D eigenvalue weighted by atomic mass is 32.1. The van der Waals surface area contributed by atoms with Crippen molar-refractivity contribution in [3.05, 3.63) is 107 Å². The second kappa shape index (κ2) is 9.03. The first-order chi connectivity index (χ1) is 16.5. The van der Waals surface area contributed by atoms with Crippen LogP contribution in [0.15, 0.2) is 79.3 Å². The summed E-state index contributed by atoms with van der Waals surface area (Å²) in [5.74, 6) is 0.480. The van der Waals surface area contributed by atoms with E-state index in [-0.39, 0.29) is 12.1 Å². The van der Waals surface area contributed by atoms with E-state index >= 15 is 0 Å². The zero-order chi connectivity index (χ0) is 23.8. The number of nitrogens with zero attached hydrogens (tertiary/aromatic N) is 4. The topological polar surface area (TPSA) is 46.0 Å². The minimum Gasteiger partial charge on any atom is -0.351 e. The van der Waals surface area contributed by atoms with Gasteiger partial charge >= 0.3 is 0 Å². The molecule has 2 atom stereocenters. The van der Waals surface area contributed by atoms with Crippen molar-refractivity contribution < 1.29 is 0 Å². The number of hydrogen-bond donors (Lipinski definition) is 1. The van der Waals surface area contributed by atoms with E-state index in [2.05, 4.69) is 94.9 Å². The summed E-state index contributed by atoms with van der Waals surface area (Å²) in [6.45, 7) is 8.74. The van der Waals surface area contributed by atoms with Crippen molar-refractivity contribution >= 4 is 23.0 Å². The van der Waals surface area contributed by atoms with Gasteiger partial charge < -0.3 is 14.8 Å². The highest BCUT2D eigenvalue weighted by molar-refractivity contribution is 7.80. The predicted octanol–water partition coefficient (Wildman–Crippen LogP) is 6.18. The van der Waals surface area contributed by atoms with Crippen LogP contribution in [-0.2, 0) is 0 Å². The number of nitrogens with one attached hydrogen (secondary N) is 1. The molecule has 0 radical (unpaired) electrons. The monoisotopic (exact) mass is 467 g/mol. The Labute approximate surface area is 206 Å². The number of hydrogen-bond acceptors (Lipinski definition) is 3. The van der Waals surface area contributed by atoms with E-state index < -0.39 is 0 Å². The number of aryl methyl sites for hydroxylation is 1. The fraction of sp³-hybridized carbons (Fsp3) is 0.250. The molecule has 1 aromatic carbocycles. The van der Waals surface area contributed by atoms with E-state index in [4.69, 9.17) is 12.2 Å². The highest BCUT2D eigenvalue weighted by Gasteiger charge is 2.42. The Bertz CT molecular complexity index is 1300. The van der Waals surface area contributed by atoms with Gasteiger partial charge in [0.25, 0.3) is 0 Å². The van der Waals surface area contributed by atoms with E-state index in [1.165, 1.54) is 16.8 Å². The molecule has 0 amide bonds. The van der Waals surface area contributed by atoms with Gasteiger partial charge in [0.15, 0.2) is 5.11 Å². The van der Waals surface area contributed by atoms with E-state index in [1.54, 1.807) is 6.20 Å². The summed E-state index contributed by atoms with van der Waals surface area (Å²) >= 11 is 5.91. The lowest BCUT2D eigenvalue weighted by atomic mass is 9.96. The molecule has 0 unspecified atom stereocenters. The van der Waals surface area contributed by atoms with Crippen LogP contribution in [0.2, 0.25) is 0 Å². The number of anilines is 1. The molecule has 34 heavy (non-hydrogen) atoms. The Kier molecular flexibility index (Phi) is 5.92. The Hall–Kier alpha value is -3.51. The van der Waals surface area contributed by atoms with Gasteiger partial charge in [-0.25, -0.2) is 0 Å². The molecule has 6 heteroatoms. The minimum absolute atomic E-state index is 0.0380. The average Bonchev–Trinajstić information content (AvgIpc) is 3.35. The molecule has 3 aromatic heterocycles. The molecule has 1 aliphatic heterocycles. The molecule has 1 N–H and O–H groups in total. The largest absolute Gasteiger partial charge is 0.351 e. The summed E-state index contributed by atoms with van der Waals surface area (Å²) in [5.41, 5.74) is 7.98. The quantitative estimate of drug-likeness (QED) is 0.355. The summed E-state index contributed by atoms with van der Waals surface area (Å²) in [4.78, 5) is 11.3. The summed E-state index contributed by atoms with van der Waals surface area (Å²) in [6, 6.07) is 21.0. The van der Waals surface area contributed by atoms with E-state index in [1.807, 2.05) is 30.6 Å². The molecular formula is C28H29N5S. The molecule has 0 bridgehead atoms. The van der Waals surface area contributed by atoms with Gasteiger partial charge in [-0.2, -0.15) is 0 Å². The normalized spacial score (nSPS) is 17.9. The second-order valence-electron chi connectivity index (χ2n) is 9.12. The molecular weight excluding hydrogens is 438 g/mol. The lowest BCUT2D eigenvalue weighted by Gasteiger charge is -2.28. The van der Waals surface area contributed by atoms with Crippen LogP contribution < -0.4 is 10.2 Å². The van der Waals surface area contributed by atoms with Gasteiger partial charge in [0.05, 0.1) is 29.7 Å². The number of aromatic nitrogens is 3. The van der Waals surface area contributed by atoms with Crippen LogP contribution in [0, 0.1) is 13.8 Å². The fourth-order valence-corrected chi connectivity index (χ4v) is 5.29. The molecule has 0 spiro atoms. The van der Waals surface area contributed by atoms with Crippen molar-refractivity contribution in [2.45, 2.75) is 45.7 Å². The lowest BCUT2D eigenvalue weighted by Crippen LogP contribution is -2.29. The zero-order valence-electron chi connectivity index (χ0n) is 19.9. The molecule has 172 valence electrons. The first-order valence-electron chi connectivity index (χ1n) is 11.7. The van der Waals surface area contributed by atoms with Crippen molar-refractivity contribution in [2.24, 2.45) is 0 Å². The van der Waals surface area contributed by atoms with Crippen LogP contribution in [0.25, 0.3) is 5.69 Å². The van der Waals surface area contributed by atoms with Crippen molar-refractivity contribution in [1.29, 1.82) is 0 Å². The van der Waals surface area contributed by atoms with Gasteiger partial charge in [-0.05, 0) is 85.6 Å². The molecule has 0 saturated carbocycles. The first-order valence-corrected chi connectivity index (χ1v) is 12.1. The van der Waals surface area contributed by atoms with Gasteiger partial charge in [-0.1, -0.05) is 32.0 Å². The smallest absolute Gasteiger partial charge is 0.174 e. The molecule has 5 rings (SSSR count). The third kappa shape index (κ3) is 3.88. The van der Waals surface area contributed by atoms with Crippen LogP contribution in [-0.4, -0.2) is 19.6 Å². The van der Waals surface area contributed by atoms with Crippen LogP contribution in [0.5, 0.6) is 0 Å². The number of benzene rings is 1. The number of rotatable bonds is 5. The second-order valence-corrected chi connectivity index (χ2v) is 9.50. The predicted molar refractivity (Wildman–Crippen MR) is 142 cm³/mol. The Balaban J connectivity index is 1.65. The van der Waals surface area contributed by atoms with E-state index in [9.17, 15) is 0 Å². The Morgan fingerprint density at radius 3 is 2.38 bits per heavy atom. The number of pyridine rings is 2. The SMILES string of the molecule is Cc1cc([C@H]2[C@H](c3ccccn3)NC(=S)N2c2ccc(C(C)C)cc2)c(C)n1-c1cccnc1. The Morgan fingerprint density at radius 1 is 0.941 bits per heavy atom. The zero-order valence-corrected chi connectivity index (χ0v) is 20.8. The van der Waals surface area contributed by atoms with Crippen molar-refractivity contribution in [2.75, 3.05) is 4.90 Å². The molecule has 1 aliphatic rings. The van der Waals surface area contributed by atoms with Gasteiger partial charge in [0.2, 0.25) is 0 Å². The van der Waals surface area contributed by atoms with E-state index in [0.717, 1.165) is 22.8 Å². The Morgan fingerprint density at radius 2 is 1.74 bits per heavy atom. The van der Waals surface area contributed by atoms with Crippen LogP contribution >= 0.6 is 12.2 Å². The summed E-state index contributed by atoms with van der Waals surface area (Å²) in [5, 5.41) is 4.29. The third-order valence-corrected chi connectivity index (χ3v) is 6.94. The van der Waals surface area contributed by atoms with Gasteiger partial charge in [-0.3, -0.25) is 9.97 Å². The maximum Gasteiger partial charge on any atom is 0.174 e. The molecule has 1 fully saturated rings. The van der Waals surface area contributed by atoms with Crippen molar-refractivity contribution in [1.82, 2.24) is 19.9 Å². The number of thiocarbonyl (C=S) groups is 1.